The van der Waals surface area contributed by atoms with Crippen molar-refractivity contribution in [1.82, 2.24) is 4.90 Å². The monoisotopic (exact) mass is 529 g/mol. The number of rotatable bonds is 9. The minimum atomic E-state index is -0.407. The third-order valence-electron chi connectivity index (χ3n) is 6.93. The van der Waals surface area contributed by atoms with Crippen LogP contribution in [-0.4, -0.2) is 57.1 Å². The molecule has 1 saturated heterocycles. The molecule has 0 saturated carbocycles. The number of piperidine rings is 1. The second kappa shape index (κ2) is 11.8. The van der Waals surface area contributed by atoms with Gasteiger partial charge in [-0.15, -0.1) is 11.3 Å². The first-order valence-electron chi connectivity index (χ1n) is 12.9. The molecular weight excluding hydrogens is 498 g/mol. The molecule has 38 heavy (non-hydrogen) atoms. The number of methoxy groups -OCH3 is 2. The van der Waals surface area contributed by atoms with Gasteiger partial charge in [0.1, 0.15) is 18.1 Å². The Morgan fingerprint density at radius 3 is 2.21 bits per heavy atom. The van der Waals surface area contributed by atoms with Crippen molar-refractivity contribution in [3.63, 3.8) is 0 Å². The van der Waals surface area contributed by atoms with Crippen molar-refractivity contribution in [3.05, 3.63) is 83.4 Å². The minimum Gasteiger partial charge on any atom is -0.497 e. The molecule has 6 nitrogen and oxygen atoms in total. The lowest BCUT2D eigenvalue weighted by Gasteiger charge is -2.26. The van der Waals surface area contributed by atoms with Gasteiger partial charge >= 0.3 is 5.97 Å². The number of fused-ring (bicyclic) bond motifs is 1. The summed E-state index contributed by atoms with van der Waals surface area (Å²) in [7, 11) is 2.98. The van der Waals surface area contributed by atoms with E-state index in [0.717, 1.165) is 51.7 Å². The van der Waals surface area contributed by atoms with Crippen LogP contribution in [0.4, 0.5) is 0 Å². The van der Waals surface area contributed by atoms with Crippen LogP contribution in [0.1, 0.15) is 45.5 Å². The minimum absolute atomic E-state index is 0.0762. The Kier molecular flexibility index (Phi) is 8.05. The maximum atomic E-state index is 13.9. The first-order valence-corrected chi connectivity index (χ1v) is 13.7. The average Bonchev–Trinajstić information content (AvgIpc) is 3.36. The predicted molar refractivity (Wildman–Crippen MR) is 151 cm³/mol. The number of ketones is 1. The number of hydrogen-bond acceptors (Lipinski definition) is 7. The number of esters is 1. The van der Waals surface area contributed by atoms with E-state index in [-0.39, 0.29) is 5.78 Å². The molecule has 5 rings (SSSR count). The van der Waals surface area contributed by atoms with Gasteiger partial charge in [0.2, 0.25) is 0 Å². The zero-order chi connectivity index (χ0) is 26.5. The molecule has 1 aromatic heterocycles. The molecule has 1 fully saturated rings. The van der Waals surface area contributed by atoms with E-state index in [0.29, 0.717) is 23.3 Å². The van der Waals surface area contributed by atoms with Gasteiger partial charge < -0.3 is 14.2 Å². The number of carbonyl (C=O) groups excluding carboxylic acids is 2. The molecule has 0 N–H and O–H groups in total. The van der Waals surface area contributed by atoms with E-state index in [2.05, 4.69) is 4.90 Å². The molecule has 1 aliphatic rings. The van der Waals surface area contributed by atoms with Crippen LogP contribution in [0, 0.1) is 0 Å². The zero-order valence-electron chi connectivity index (χ0n) is 21.7. The molecule has 0 spiro atoms. The maximum Gasteiger partial charge on any atom is 0.337 e. The highest BCUT2D eigenvalue weighted by atomic mass is 32.1. The molecule has 0 amide bonds. The lowest BCUT2D eigenvalue weighted by atomic mass is 9.97. The number of benzene rings is 3. The fourth-order valence-corrected chi connectivity index (χ4v) is 6.08. The van der Waals surface area contributed by atoms with Gasteiger partial charge in [-0.3, -0.25) is 9.69 Å². The standard InChI is InChI=1S/C31H31NO5S/c1-35-24-11-8-22(9-12-24)30-28(26-15-10-23(31(34)36-2)20-27(26)38-30)29(33)21-6-13-25(14-7-21)37-19-18-32-16-4-3-5-17-32/h6-15,20H,3-5,16-19H2,1-2H3. The fourth-order valence-electron chi connectivity index (χ4n) is 4.83. The van der Waals surface area contributed by atoms with Crippen molar-refractivity contribution in [1.29, 1.82) is 0 Å². The Bertz CT molecular complexity index is 1420. The van der Waals surface area contributed by atoms with E-state index >= 15 is 0 Å². The van der Waals surface area contributed by atoms with Gasteiger partial charge in [-0.25, -0.2) is 4.79 Å². The van der Waals surface area contributed by atoms with Crippen molar-refractivity contribution in [2.24, 2.45) is 0 Å². The van der Waals surface area contributed by atoms with E-state index in [1.165, 1.54) is 37.7 Å². The lowest BCUT2D eigenvalue weighted by molar-refractivity contribution is 0.0601. The molecule has 2 heterocycles. The van der Waals surface area contributed by atoms with E-state index < -0.39 is 5.97 Å². The Morgan fingerprint density at radius 2 is 1.53 bits per heavy atom. The predicted octanol–water partition coefficient (Wildman–Crippen LogP) is 6.46. The summed E-state index contributed by atoms with van der Waals surface area (Å²) >= 11 is 1.48. The van der Waals surface area contributed by atoms with Crippen LogP contribution in [-0.2, 0) is 4.74 Å². The summed E-state index contributed by atoms with van der Waals surface area (Å²) in [6.07, 6.45) is 3.84. The number of likely N-dealkylation sites (tertiary alicyclic amines) is 1. The van der Waals surface area contributed by atoms with E-state index in [9.17, 15) is 9.59 Å². The van der Waals surface area contributed by atoms with Crippen LogP contribution in [0.15, 0.2) is 66.7 Å². The number of ether oxygens (including phenoxy) is 3. The normalized spacial score (nSPS) is 13.8. The lowest BCUT2D eigenvalue weighted by Crippen LogP contribution is -2.33. The van der Waals surface area contributed by atoms with Crippen LogP contribution in [0.25, 0.3) is 20.5 Å². The molecule has 0 radical (unpaired) electrons. The van der Waals surface area contributed by atoms with Crippen molar-refractivity contribution in [2.75, 3.05) is 40.5 Å². The highest BCUT2D eigenvalue weighted by Gasteiger charge is 2.23. The molecule has 196 valence electrons. The van der Waals surface area contributed by atoms with Crippen LogP contribution in [0.2, 0.25) is 0 Å². The zero-order valence-corrected chi connectivity index (χ0v) is 22.5. The Hall–Kier alpha value is -3.68. The molecule has 4 aromatic rings. The summed E-state index contributed by atoms with van der Waals surface area (Å²) in [5, 5.41) is 0.806. The third-order valence-corrected chi connectivity index (χ3v) is 8.13. The van der Waals surface area contributed by atoms with Gasteiger partial charge in [0.15, 0.2) is 5.78 Å². The number of nitrogens with zero attached hydrogens (tertiary/aromatic N) is 1. The molecule has 0 atom stereocenters. The quantitative estimate of drug-likeness (QED) is 0.183. The van der Waals surface area contributed by atoms with Crippen molar-refractivity contribution in [2.45, 2.75) is 19.3 Å². The fraction of sp³-hybridized carbons (Fsp3) is 0.290. The summed E-state index contributed by atoms with van der Waals surface area (Å²) in [6, 6.07) is 20.3. The molecule has 0 bridgehead atoms. The summed E-state index contributed by atoms with van der Waals surface area (Å²) < 4.78 is 17.0. The van der Waals surface area contributed by atoms with Gasteiger partial charge in [0.25, 0.3) is 0 Å². The maximum absolute atomic E-state index is 13.9. The van der Waals surface area contributed by atoms with Crippen LogP contribution in [0.5, 0.6) is 11.5 Å². The van der Waals surface area contributed by atoms with Crippen molar-refractivity contribution < 1.29 is 23.8 Å². The summed E-state index contributed by atoms with van der Waals surface area (Å²) in [5.41, 5.74) is 2.56. The van der Waals surface area contributed by atoms with Crippen LogP contribution < -0.4 is 9.47 Å². The number of carbonyl (C=O) groups is 2. The Balaban J connectivity index is 1.43. The highest BCUT2D eigenvalue weighted by Crippen LogP contribution is 2.41. The van der Waals surface area contributed by atoms with Crippen molar-refractivity contribution in [3.8, 4) is 21.9 Å². The first kappa shape index (κ1) is 25.9. The van der Waals surface area contributed by atoms with Crippen LogP contribution >= 0.6 is 11.3 Å². The van der Waals surface area contributed by atoms with Crippen LogP contribution in [0.3, 0.4) is 0 Å². The van der Waals surface area contributed by atoms with Gasteiger partial charge in [0.05, 0.1) is 19.8 Å². The molecule has 0 aliphatic carbocycles. The topological polar surface area (TPSA) is 65.1 Å². The smallest absolute Gasteiger partial charge is 0.337 e. The second-order valence-corrected chi connectivity index (χ2v) is 10.4. The van der Waals surface area contributed by atoms with Gasteiger partial charge in [-0.2, -0.15) is 0 Å². The summed E-state index contributed by atoms with van der Waals surface area (Å²) in [5.74, 6) is 1.02. The molecule has 3 aromatic carbocycles. The molecule has 0 unspecified atom stereocenters. The Labute approximate surface area is 226 Å². The van der Waals surface area contributed by atoms with E-state index in [4.69, 9.17) is 14.2 Å². The second-order valence-electron chi connectivity index (χ2n) is 9.34. The summed E-state index contributed by atoms with van der Waals surface area (Å²) in [4.78, 5) is 29.3. The average molecular weight is 530 g/mol. The molecule has 7 heteroatoms. The Morgan fingerprint density at radius 1 is 0.842 bits per heavy atom. The van der Waals surface area contributed by atoms with Crippen molar-refractivity contribution >= 4 is 33.2 Å². The van der Waals surface area contributed by atoms with Gasteiger partial charge in [-0.05, 0) is 92.2 Å². The number of thiophene rings is 1. The SMILES string of the molecule is COC(=O)c1ccc2c(C(=O)c3ccc(OCCN4CCCCC4)cc3)c(-c3ccc(OC)cc3)sc2c1. The van der Waals surface area contributed by atoms with E-state index in [1.54, 1.807) is 19.2 Å². The first-order chi connectivity index (χ1) is 18.6. The molecular formula is C31H31NO5S. The largest absolute Gasteiger partial charge is 0.497 e. The van der Waals surface area contributed by atoms with Gasteiger partial charge in [-0.1, -0.05) is 12.5 Å². The highest BCUT2D eigenvalue weighted by molar-refractivity contribution is 7.22. The third kappa shape index (κ3) is 5.59. The molecule has 1 aliphatic heterocycles. The number of hydrogen-bond donors (Lipinski definition) is 0. The van der Waals surface area contributed by atoms with Gasteiger partial charge in [0, 0.05) is 32.6 Å². The summed E-state index contributed by atoms with van der Waals surface area (Å²) in [6.45, 7) is 3.83. The van der Waals surface area contributed by atoms with E-state index in [1.807, 2.05) is 54.6 Å².